The summed E-state index contributed by atoms with van der Waals surface area (Å²) < 4.78 is 13.6. The largest absolute Gasteiger partial charge is 0.507 e. The fourth-order valence-corrected chi connectivity index (χ4v) is 1.75. The molecule has 0 aliphatic rings. The maximum atomic E-state index is 13.6. The Balaban J connectivity index is 2.28. The van der Waals surface area contributed by atoms with Gasteiger partial charge >= 0.3 is 0 Å². The molecule has 0 heterocycles. The molecule has 0 aliphatic carbocycles. The van der Waals surface area contributed by atoms with Crippen LogP contribution in [-0.4, -0.2) is 22.1 Å². The lowest BCUT2D eigenvalue weighted by atomic mass is 10.1. The molecule has 0 aliphatic heterocycles. The van der Waals surface area contributed by atoms with E-state index in [9.17, 15) is 14.3 Å². The molecule has 7 heteroatoms. The summed E-state index contributed by atoms with van der Waals surface area (Å²) in [5.41, 5.74) is 5.68. The number of anilines is 1. The molecule has 6 nitrogen and oxygen atoms in total. The third-order valence-corrected chi connectivity index (χ3v) is 2.74. The van der Waals surface area contributed by atoms with E-state index in [4.69, 9.17) is 10.9 Å². The van der Waals surface area contributed by atoms with Gasteiger partial charge in [0.25, 0.3) is 5.91 Å². The van der Waals surface area contributed by atoms with Gasteiger partial charge in [0.05, 0.1) is 0 Å². The van der Waals surface area contributed by atoms with Crippen LogP contribution >= 0.6 is 0 Å². The van der Waals surface area contributed by atoms with Crippen LogP contribution in [0.5, 0.6) is 5.75 Å². The minimum atomic E-state index is -0.833. The summed E-state index contributed by atoms with van der Waals surface area (Å²) in [5.74, 6) is -2.22. The van der Waals surface area contributed by atoms with Crippen LogP contribution in [0.1, 0.15) is 15.9 Å². The van der Waals surface area contributed by atoms with Crippen molar-refractivity contribution in [3.63, 3.8) is 0 Å². The fraction of sp³-hybridized carbons (Fsp3) is 0. The number of amides is 1. The van der Waals surface area contributed by atoms with Crippen molar-refractivity contribution in [2.75, 3.05) is 5.32 Å². The number of nitrogens with two attached hydrogens (primary N) is 1. The van der Waals surface area contributed by atoms with Crippen LogP contribution in [0.4, 0.5) is 10.1 Å². The van der Waals surface area contributed by atoms with E-state index in [2.05, 4.69) is 10.5 Å². The molecule has 2 aromatic rings. The van der Waals surface area contributed by atoms with Crippen molar-refractivity contribution in [3.8, 4) is 5.75 Å². The van der Waals surface area contributed by atoms with Gasteiger partial charge in [-0.25, -0.2) is 4.39 Å². The van der Waals surface area contributed by atoms with E-state index in [0.717, 1.165) is 6.07 Å². The van der Waals surface area contributed by atoms with Gasteiger partial charge in [0.15, 0.2) is 5.84 Å². The summed E-state index contributed by atoms with van der Waals surface area (Å²) in [7, 11) is 0. The van der Waals surface area contributed by atoms with Gasteiger partial charge in [0.1, 0.15) is 17.1 Å². The van der Waals surface area contributed by atoms with Gasteiger partial charge in [-0.1, -0.05) is 23.4 Å². The SMILES string of the molecule is N/C(=N/O)c1cccc(NC(=O)c2c(O)cccc2F)c1. The van der Waals surface area contributed by atoms with E-state index in [1.54, 1.807) is 18.2 Å². The van der Waals surface area contributed by atoms with Crippen LogP contribution < -0.4 is 11.1 Å². The van der Waals surface area contributed by atoms with Gasteiger partial charge < -0.3 is 21.4 Å². The van der Waals surface area contributed by atoms with Crippen LogP contribution in [-0.2, 0) is 0 Å². The fourth-order valence-electron chi connectivity index (χ4n) is 1.75. The molecule has 2 aromatic carbocycles. The number of hydrogen-bond acceptors (Lipinski definition) is 4. The molecular formula is C14H12FN3O3. The third kappa shape index (κ3) is 3.08. The van der Waals surface area contributed by atoms with Crippen LogP contribution in [0.3, 0.4) is 0 Å². The van der Waals surface area contributed by atoms with Crippen LogP contribution in [0.25, 0.3) is 0 Å². The Morgan fingerprint density at radius 1 is 1.24 bits per heavy atom. The molecule has 108 valence electrons. The number of nitrogens with one attached hydrogen (secondary N) is 1. The average molecular weight is 289 g/mol. The molecule has 0 bridgehead atoms. The summed E-state index contributed by atoms with van der Waals surface area (Å²) >= 11 is 0. The molecule has 0 spiro atoms. The smallest absolute Gasteiger partial charge is 0.262 e. The van der Waals surface area contributed by atoms with Gasteiger partial charge in [0.2, 0.25) is 0 Å². The minimum absolute atomic E-state index is 0.125. The minimum Gasteiger partial charge on any atom is -0.507 e. The van der Waals surface area contributed by atoms with Gasteiger partial charge in [0, 0.05) is 11.3 Å². The van der Waals surface area contributed by atoms with Crippen molar-refractivity contribution in [1.29, 1.82) is 0 Å². The number of rotatable bonds is 3. The van der Waals surface area contributed by atoms with E-state index in [1.807, 2.05) is 0 Å². The first-order valence-electron chi connectivity index (χ1n) is 5.89. The maximum Gasteiger partial charge on any atom is 0.262 e. The second-order valence-electron chi connectivity index (χ2n) is 4.15. The first-order chi connectivity index (χ1) is 10.0. The molecule has 0 atom stereocenters. The lowest BCUT2D eigenvalue weighted by Gasteiger charge is -2.08. The predicted molar refractivity (Wildman–Crippen MR) is 75.0 cm³/mol. The Morgan fingerprint density at radius 3 is 2.62 bits per heavy atom. The number of aromatic hydroxyl groups is 1. The molecule has 0 saturated carbocycles. The van der Waals surface area contributed by atoms with Crippen molar-refractivity contribution in [2.24, 2.45) is 10.9 Å². The number of amidine groups is 1. The maximum absolute atomic E-state index is 13.6. The summed E-state index contributed by atoms with van der Waals surface area (Å²) in [5, 5.41) is 23.4. The Kier molecular flexibility index (Phi) is 4.03. The molecule has 0 aromatic heterocycles. The number of carbonyl (C=O) groups is 1. The Labute approximate surface area is 119 Å². The number of halogens is 1. The lowest BCUT2D eigenvalue weighted by molar-refractivity contribution is 0.102. The second kappa shape index (κ2) is 5.91. The number of phenolic OH excluding ortho intramolecular Hbond substituents is 1. The topological polar surface area (TPSA) is 108 Å². The van der Waals surface area contributed by atoms with Crippen molar-refractivity contribution in [3.05, 3.63) is 59.4 Å². The molecule has 5 N–H and O–H groups in total. The zero-order valence-electron chi connectivity index (χ0n) is 10.7. The average Bonchev–Trinajstić information content (AvgIpc) is 2.46. The predicted octanol–water partition coefficient (Wildman–Crippen LogP) is 1.88. The highest BCUT2D eigenvalue weighted by Crippen LogP contribution is 2.21. The van der Waals surface area contributed by atoms with Crippen molar-refractivity contribution in [2.45, 2.75) is 0 Å². The second-order valence-corrected chi connectivity index (χ2v) is 4.15. The highest BCUT2D eigenvalue weighted by atomic mass is 19.1. The number of oxime groups is 1. The standard InChI is InChI=1S/C14H12FN3O3/c15-10-5-2-6-11(19)12(10)14(20)17-9-4-1-3-8(7-9)13(16)18-21/h1-7,19,21H,(H2,16,18)(H,17,20). The first-order valence-corrected chi connectivity index (χ1v) is 5.89. The zero-order valence-corrected chi connectivity index (χ0v) is 10.7. The Hall–Kier alpha value is -3.09. The molecule has 21 heavy (non-hydrogen) atoms. The molecule has 0 saturated heterocycles. The van der Waals surface area contributed by atoms with E-state index in [0.29, 0.717) is 11.3 Å². The number of nitrogens with zero attached hydrogens (tertiary/aromatic N) is 1. The summed E-state index contributed by atoms with van der Waals surface area (Å²) in [6, 6.07) is 9.72. The van der Waals surface area contributed by atoms with Crippen LogP contribution in [0.15, 0.2) is 47.6 Å². The van der Waals surface area contributed by atoms with E-state index < -0.39 is 23.0 Å². The summed E-state index contributed by atoms with van der Waals surface area (Å²) in [6.45, 7) is 0. The lowest BCUT2D eigenvalue weighted by Crippen LogP contribution is -2.16. The Morgan fingerprint density at radius 2 is 1.95 bits per heavy atom. The molecule has 0 fully saturated rings. The molecule has 1 amide bonds. The quantitative estimate of drug-likeness (QED) is 0.299. The van der Waals surface area contributed by atoms with Gasteiger partial charge in [-0.05, 0) is 24.3 Å². The third-order valence-electron chi connectivity index (χ3n) is 2.74. The molecule has 2 rings (SSSR count). The molecule has 0 radical (unpaired) electrons. The number of hydrogen-bond donors (Lipinski definition) is 4. The van der Waals surface area contributed by atoms with Crippen LogP contribution in [0.2, 0.25) is 0 Å². The van der Waals surface area contributed by atoms with E-state index in [-0.39, 0.29) is 5.84 Å². The zero-order chi connectivity index (χ0) is 15.4. The summed E-state index contributed by atoms with van der Waals surface area (Å²) in [6.07, 6.45) is 0. The van der Waals surface area contributed by atoms with E-state index >= 15 is 0 Å². The summed E-state index contributed by atoms with van der Waals surface area (Å²) in [4.78, 5) is 12.0. The van der Waals surface area contributed by atoms with Crippen molar-refractivity contribution < 1.29 is 19.5 Å². The number of phenols is 1. The first kappa shape index (κ1) is 14.3. The number of benzene rings is 2. The highest BCUT2D eigenvalue weighted by molar-refractivity contribution is 6.07. The monoisotopic (exact) mass is 289 g/mol. The van der Waals surface area contributed by atoms with Crippen molar-refractivity contribution >= 4 is 17.4 Å². The normalized spacial score (nSPS) is 11.2. The van der Waals surface area contributed by atoms with E-state index in [1.165, 1.54) is 18.2 Å². The molecule has 0 unspecified atom stereocenters. The van der Waals surface area contributed by atoms with Gasteiger partial charge in [-0.15, -0.1) is 0 Å². The number of carbonyl (C=O) groups excluding carboxylic acids is 1. The Bertz CT molecular complexity index is 696. The molecular weight excluding hydrogens is 277 g/mol. The van der Waals surface area contributed by atoms with Crippen molar-refractivity contribution in [1.82, 2.24) is 0 Å². The van der Waals surface area contributed by atoms with Gasteiger partial charge in [-0.3, -0.25) is 4.79 Å². The van der Waals surface area contributed by atoms with Crippen LogP contribution in [0, 0.1) is 5.82 Å². The van der Waals surface area contributed by atoms with Gasteiger partial charge in [-0.2, -0.15) is 0 Å². The highest BCUT2D eigenvalue weighted by Gasteiger charge is 2.16.